The van der Waals surface area contributed by atoms with Crippen LogP contribution in [0.15, 0.2) is 18.2 Å². The van der Waals surface area contributed by atoms with Crippen molar-refractivity contribution in [3.63, 3.8) is 0 Å². The first-order valence-electron chi connectivity index (χ1n) is 7.63. The maximum atomic E-state index is 10.0. The third kappa shape index (κ3) is 4.66. The molecule has 1 saturated carbocycles. The molecule has 1 aliphatic rings. The molecule has 0 bridgehead atoms. The third-order valence-corrected chi connectivity index (χ3v) is 3.66. The van der Waals surface area contributed by atoms with Crippen LogP contribution in [0.25, 0.3) is 0 Å². The number of hydrogen-bond acceptors (Lipinski definition) is 4. The van der Waals surface area contributed by atoms with E-state index in [2.05, 4.69) is 11.8 Å². The largest absolute Gasteiger partial charge is 0.493 e. The highest BCUT2D eigenvalue weighted by Crippen LogP contribution is 2.32. The molecule has 0 radical (unpaired) electrons. The lowest BCUT2D eigenvalue weighted by Gasteiger charge is -2.16. The Morgan fingerprint density at radius 1 is 1.23 bits per heavy atom. The summed E-state index contributed by atoms with van der Waals surface area (Å²) in [6.45, 7) is 1.80. The summed E-state index contributed by atoms with van der Waals surface area (Å²) in [6.07, 6.45) is 4.86. The molecule has 1 aromatic carbocycles. The zero-order valence-corrected chi connectivity index (χ0v) is 13.5. The van der Waals surface area contributed by atoms with Gasteiger partial charge in [-0.15, -0.1) is 0 Å². The highest BCUT2D eigenvalue weighted by molar-refractivity contribution is 5.49. The van der Waals surface area contributed by atoms with Crippen molar-refractivity contribution in [3.8, 4) is 23.3 Å². The molecule has 0 saturated heterocycles. The SMILES string of the molecule is COCC(C)(O)C#Cc1ccc(OC)c(OC2CCCC2)c1. The number of hydrogen-bond donors (Lipinski definition) is 1. The van der Waals surface area contributed by atoms with Gasteiger partial charge in [0.25, 0.3) is 0 Å². The van der Waals surface area contributed by atoms with Crippen molar-refractivity contribution in [2.24, 2.45) is 0 Å². The van der Waals surface area contributed by atoms with Gasteiger partial charge in [0.1, 0.15) is 5.60 Å². The van der Waals surface area contributed by atoms with Crippen LogP contribution in [0.1, 0.15) is 38.2 Å². The van der Waals surface area contributed by atoms with Crippen LogP contribution in [0.4, 0.5) is 0 Å². The van der Waals surface area contributed by atoms with Gasteiger partial charge in [0.15, 0.2) is 11.5 Å². The molecule has 4 heteroatoms. The van der Waals surface area contributed by atoms with E-state index in [0.717, 1.165) is 18.4 Å². The fourth-order valence-electron chi connectivity index (χ4n) is 2.56. The molecule has 1 fully saturated rings. The van der Waals surface area contributed by atoms with Crippen molar-refractivity contribution < 1.29 is 19.3 Å². The molecule has 4 nitrogen and oxygen atoms in total. The van der Waals surface area contributed by atoms with E-state index in [0.29, 0.717) is 11.5 Å². The van der Waals surface area contributed by atoms with Crippen LogP contribution >= 0.6 is 0 Å². The van der Waals surface area contributed by atoms with Crippen LogP contribution in [0.5, 0.6) is 11.5 Å². The third-order valence-electron chi connectivity index (χ3n) is 3.66. The van der Waals surface area contributed by atoms with Crippen LogP contribution in [-0.4, -0.2) is 37.6 Å². The molecular formula is C18H24O4. The smallest absolute Gasteiger partial charge is 0.162 e. The second-order valence-electron chi connectivity index (χ2n) is 5.85. The fraction of sp³-hybridized carbons (Fsp3) is 0.556. The molecule has 120 valence electrons. The molecule has 0 spiro atoms. The van der Waals surface area contributed by atoms with Gasteiger partial charge in [-0.25, -0.2) is 0 Å². The molecule has 22 heavy (non-hydrogen) atoms. The van der Waals surface area contributed by atoms with Crippen molar-refractivity contribution in [1.29, 1.82) is 0 Å². The van der Waals surface area contributed by atoms with E-state index in [9.17, 15) is 5.11 Å². The first-order valence-corrected chi connectivity index (χ1v) is 7.63. The maximum absolute atomic E-state index is 10.0. The Kier molecular flexibility index (Phi) is 5.70. The summed E-state index contributed by atoms with van der Waals surface area (Å²) >= 11 is 0. The number of methoxy groups -OCH3 is 2. The van der Waals surface area contributed by atoms with E-state index in [1.807, 2.05) is 18.2 Å². The fourth-order valence-corrected chi connectivity index (χ4v) is 2.56. The summed E-state index contributed by atoms with van der Waals surface area (Å²) in [4.78, 5) is 0. The first kappa shape index (κ1) is 16.7. The molecule has 1 unspecified atom stereocenters. The van der Waals surface area contributed by atoms with E-state index in [4.69, 9.17) is 14.2 Å². The number of rotatable bonds is 5. The van der Waals surface area contributed by atoms with E-state index in [1.54, 1.807) is 14.0 Å². The van der Waals surface area contributed by atoms with Gasteiger partial charge in [0.05, 0.1) is 19.8 Å². The van der Waals surface area contributed by atoms with Crippen LogP contribution in [-0.2, 0) is 4.74 Å². The molecular weight excluding hydrogens is 280 g/mol. The van der Waals surface area contributed by atoms with Crippen molar-refractivity contribution in [3.05, 3.63) is 23.8 Å². The minimum atomic E-state index is -1.17. The summed E-state index contributed by atoms with van der Waals surface area (Å²) in [6, 6.07) is 5.57. The molecule has 1 atom stereocenters. The summed E-state index contributed by atoms with van der Waals surface area (Å²) in [5.41, 5.74) is -0.383. The molecule has 0 aromatic heterocycles. The lowest BCUT2D eigenvalue weighted by atomic mass is 10.1. The summed E-state index contributed by atoms with van der Waals surface area (Å²) in [7, 11) is 3.17. The molecule has 1 N–H and O–H groups in total. The Morgan fingerprint density at radius 3 is 2.59 bits per heavy atom. The van der Waals surface area contributed by atoms with Gasteiger partial charge in [-0.3, -0.25) is 0 Å². The van der Waals surface area contributed by atoms with E-state index >= 15 is 0 Å². The minimum Gasteiger partial charge on any atom is -0.493 e. The van der Waals surface area contributed by atoms with Crippen molar-refractivity contribution in [2.75, 3.05) is 20.8 Å². The molecule has 2 rings (SSSR count). The predicted molar refractivity (Wildman–Crippen MR) is 85.3 cm³/mol. The summed E-state index contributed by atoms with van der Waals surface area (Å²) < 4.78 is 16.3. The molecule has 1 aliphatic carbocycles. The minimum absolute atomic E-state index is 0.168. The monoisotopic (exact) mass is 304 g/mol. The number of aliphatic hydroxyl groups is 1. The second kappa shape index (κ2) is 7.53. The first-order chi connectivity index (χ1) is 10.5. The Hall–Kier alpha value is -1.70. The van der Waals surface area contributed by atoms with Gasteiger partial charge in [-0.1, -0.05) is 11.8 Å². The van der Waals surface area contributed by atoms with Crippen molar-refractivity contribution >= 4 is 0 Å². The molecule has 0 aliphatic heterocycles. The standard InChI is InChI=1S/C18H24O4/c1-18(19,13-20-2)11-10-14-8-9-16(21-3)17(12-14)22-15-6-4-5-7-15/h8-9,12,15,19H,4-7,13H2,1-3H3. The molecule has 1 aromatic rings. The van der Waals surface area contributed by atoms with Gasteiger partial charge in [0.2, 0.25) is 0 Å². The van der Waals surface area contributed by atoms with Crippen LogP contribution in [0.2, 0.25) is 0 Å². The Labute approximate surface area is 132 Å². The topological polar surface area (TPSA) is 47.9 Å². The number of ether oxygens (including phenoxy) is 3. The van der Waals surface area contributed by atoms with Crippen LogP contribution in [0.3, 0.4) is 0 Å². The average Bonchev–Trinajstić information content (AvgIpc) is 2.98. The van der Waals surface area contributed by atoms with Gasteiger partial charge in [-0.05, 0) is 50.8 Å². The molecule has 0 heterocycles. The average molecular weight is 304 g/mol. The van der Waals surface area contributed by atoms with Gasteiger partial charge >= 0.3 is 0 Å². The Bertz CT molecular complexity index is 548. The zero-order chi connectivity index (χ0) is 16.0. The van der Waals surface area contributed by atoms with E-state index in [1.165, 1.54) is 20.0 Å². The highest BCUT2D eigenvalue weighted by Gasteiger charge is 2.19. The van der Waals surface area contributed by atoms with Crippen LogP contribution in [0, 0.1) is 11.8 Å². The lowest BCUT2D eigenvalue weighted by Crippen LogP contribution is -2.27. The van der Waals surface area contributed by atoms with E-state index < -0.39 is 5.60 Å². The summed E-state index contributed by atoms with van der Waals surface area (Å²) in [5, 5.41) is 10.0. The van der Waals surface area contributed by atoms with Crippen molar-refractivity contribution in [2.45, 2.75) is 44.3 Å². The zero-order valence-electron chi connectivity index (χ0n) is 13.5. The highest BCUT2D eigenvalue weighted by atomic mass is 16.5. The van der Waals surface area contributed by atoms with Crippen LogP contribution < -0.4 is 9.47 Å². The number of benzene rings is 1. The molecule has 0 amide bonds. The normalized spacial score (nSPS) is 17.5. The predicted octanol–water partition coefficient (Wildman–Crippen LogP) is 2.77. The van der Waals surface area contributed by atoms with E-state index in [-0.39, 0.29) is 12.7 Å². The maximum Gasteiger partial charge on any atom is 0.162 e. The van der Waals surface area contributed by atoms with Gasteiger partial charge in [-0.2, -0.15) is 0 Å². The van der Waals surface area contributed by atoms with Gasteiger partial charge < -0.3 is 19.3 Å². The Morgan fingerprint density at radius 2 is 1.95 bits per heavy atom. The lowest BCUT2D eigenvalue weighted by molar-refractivity contribution is 0.0274. The Balaban J connectivity index is 2.17. The second-order valence-corrected chi connectivity index (χ2v) is 5.85. The summed E-state index contributed by atoms with van der Waals surface area (Å²) in [5.74, 6) is 7.21. The van der Waals surface area contributed by atoms with Crippen molar-refractivity contribution in [1.82, 2.24) is 0 Å². The quantitative estimate of drug-likeness (QED) is 0.850. The van der Waals surface area contributed by atoms with Gasteiger partial charge in [0, 0.05) is 12.7 Å².